The molecule has 0 aromatic carbocycles. The van der Waals surface area contributed by atoms with E-state index in [1.165, 1.54) is 0 Å². The summed E-state index contributed by atoms with van der Waals surface area (Å²) in [7, 11) is 0. The van der Waals surface area contributed by atoms with E-state index in [1.807, 2.05) is 20.8 Å². The average molecular weight is 390 g/mol. The molecule has 0 nitrogen and oxygen atoms in total. The zero-order valence-electron chi connectivity index (χ0n) is 7.65. The minimum Gasteiger partial charge on any atom is -0.146 e. The van der Waals surface area contributed by atoms with Crippen molar-refractivity contribution in [2.45, 2.75) is 25.8 Å². The Morgan fingerprint density at radius 2 is 1.00 bits per heavy atom. The van der Waals surface area contributed by atoms with Crippen molar-refractivity contribution in [1.29, 1.82) is 0 Å². The van der Waals surface area contributed by atoms with Crippen molar-refractivity contribution < 1.29 is 0 Å². The van der Waals surface area contributed by atoms with Gasteiger partial charge in [-0.25, -0.2) is 0 Å². The van der Waals surface area contributed by atoms with E-state index >= 15 is 0 Å². The van der Waals surface area contributed by atoms with Crippen LogP contribution >= 0.6 is 77.6 Å². The van der Waals surface area contributed by atoms with Crippen LogP contribution in [0.3, 0.4) is 0 Å². The second-order valence-electron chi connectivity index (χ2n) is 3.90. The fraction of sp³-hybridized carbons (Fsp3) is 1.00. The van der Waals surface area contributed by atoms with Crippen molar-refractivity contribution in [3.8, 4) is 0 Å². The maximum atomic E-state index is 6.27. The molecule has 0 spiro atoms. The first kappa shape index (κ1) is 16.7. The molecule has 0 unspecified atom stereocenters. The molecule has 0 aromatic rings. The topological polar surface area (TPSA) is 0 Å². The predicted octanol–water partition coefficient (Wildman–Crippen LogP) is 5.44. The molecule has 0 fully saturated rings. The van der Waals surface area contributed by atoms with Gasteiger partial charge in [-0.2, -0.15) is 0 Å². The quantitative estimate of drug-likeness (QED) is 0.436. The summed E-state index contributed by atoms with van der Waals surface area (Å²) in [6.45, 7) is 5.57. The van der Waals surface area contributed by atoms with Crippen LogP contribution in [0.15, 0.2) is 0 Å². The van der Waals surface area contributed by atoms with Gasteiger partial charge in [0.15, 0.2) is 0 Å². The molecule has 0 aliphatic rings. The molecule has 0 bridgehead atoms. The molecule has 86 valence electrons. The SMILES string of the molecule is CC(C)(C)[Si](Cl)(Cl)[Si](Cl)(Cl)[Si](Cl)(Cl)Cl. The van der Waals surface area contributed by atoms with Gasteiger partial charge < -0.3 is 0 Å². The van der Waals surface area contributed by atoms with E-state index in [0.717, 1.165) is 0 Å². The third kappa shape index (κ3) is 3.12. The average Bonchev–Trinajstić information content (AvgIpc) is 1.81. The van der Waals surface area contributed by atoms with Crippen molar-refractivity contribution >= 4 is 95.0 Å². The highest BCUT2D eigenvalue weighted by Crippen LogP contribution is 2.55. The summed E-state index contributed by atoms with van der Waals surface area (Å²) in [4.78, 5) is 0. The maximum absolute atomic E-state index is 6.27. The number of hydrogen-bond donors (Lipinski definition) is 0. The molecule has 10 heteroatoms. The molecule has 0 heterocycles. The van der Waals surface area contributed by atoms with Gasteiger partial charge in [-0.3, -0.25) is 0 Å². The van der Waals surface area contributed by atoms with Gasteiger partial charge in [0.2, 0.25) is 0 Å². The summed E-state index contributed by atoms with van der Waals surface area (Å²) in [5.41, 5.74) is -6.46. The predicted molar refractivity (Wildman–Crippen MR) is 77.9 cm³/mol. The van der Waals surface area contributed by atoms with E-state index in [1.54, 1.807) is 0 Å². The third-order valence-corrected chi connectivity index (χ3v) is 60.8. The Morgan fingerprint density at radius 1 is 0.714 bits per heavy atom. The van der Waals surface area contributed by atoms with Crippen LogP contribution in [0.5, 0.6) is 0 Å². The zero-order chi connectivity index (χ0) is 12.0. The molecule has 0 saturated heterocycles. The highest BCUT2D eigenvalue weighted by atomic mass is 35.9. The normalized spacial score (nSPS) is 15.9. The van der Waals surface area contributed by atoms with Gasteiger partial charge >= 0.3 is 11.2 Å². The van der Waals surface area contributed by atoms with Gasteiger partial charge in [0.25, 0.3) is 6.21 Å². The summed E-state index contributed by atoms with van der Waals surface area (Å²) in [6.07, 6.45) is -2.99. The number of halogens is 7. The van der Waals surface area contributed by atoms with Crippen LogP contribution in [0.4, 0.5) is 0 Å². The smallest absolute Gasteiger partial charge is 0.146 e. The molecule has 14 heavy (non-hydrogen) atoms. The van der Waals surface area contributed by atoms with E-state index in [0.29, 0.717) is 0 Å². The van der Waals surface area contributed by atoms with Crippen LogP contribution in [0, 0.1) is 0 Å². The minimum atomic E-state index is -3.25. The molecule has 0 radical (unpaired) electrons. The summed E-state index contributed by atoms with van der Waals surface area (Å²) in [6, 6.07) is 0. The highest BCUT2D eigenvalue weighted by molar-refractivity contribution is 8.20. The second kappa shape index (κ2) is 4.75. The van der Waals surface area contributed by atoms with E-state index in [4.69, 9.17) is 77.6 Å². The molecule has 0 aliphatic carbocycles. The first-order valence-electron chi connectivity index (χ1n) is 3.57. The van der Waals surface area contributed by atoms with Crippen LogP contribution in [0.25, 0.3) is 0 Å². The van der Waals surface area contributed by atoms with Crippen LogP contribution in [-0.2, 0) is 0 Å². The Hall–Kier alpha value is 2.68. The van der Waals surface area contributed by atoms with Crippen molar-refractivity contribution in [2.24, 2.45) is 0 Å². The van der Waals surface area contributed by atoms with Gasteiger partial charge in [0.05, 0.1) is 0 Å². The largest absolute Gasteiger partial charge is 0.358 e. The first-order chi connectivity index (χ1) is 5.75. The van der Waals surface area contributed by atoms with Crippen LogP contribution in [0.2, 0.25) is 5.04 Å². The maximum Gasteiger partial charge on any atom is 0.358 e. The van der Waals surface area contributed by atoms with E-state index in [9.17, 15) is 0 Å². The van der Waals surface area contributed by atoms with E-state index < -0.39 is 22.5 Å². The zero-order valence-corrected chi connectivity index (χ0v) is 15.9. The third-order valence-electron chi connectivity index (χ3n) is 1.69. The molecule has 0 aliphatic heterocycles. The minimum absolute atomic E-state index is 0.414. The fourth-order valence-corrected chi connectivity index (χ4v) is 44.5. The van der Waals surface area contributed by atoms with E-state index in [2.05, 4.69) is 0 Å². The van der Waals surface area contributed by atoms with Gasteiger partial charge in [-0.1, -0.05) is 20.8 Å². The lowest BCUT2D eigenvalue weighted by Crippen LogP contribution is -2.64. The first-order valence-corrected chi connectivity index (χ1v) is 18.7. The van der Waals surface area contributed by atoms with Gasteiger partial charge in [-0.15, -0.1) is 77.6 Å². The van der Waals surface area contributed by atoms with Crippen LogP contribution in [0.1, 0.15) is 20.8 Å². The Kier molecular flexibility index (Phi) is 5.66. The molecule has 0 N–H and O–H groups in total. The fourth-order valence-electron chi connectivity index (χ4n) is 0.649. The van der Waals surface area contributed by atoms with Crippen LogP contribution < -0.4 is 0 Å². The van der Waals surface area contributed by atoms with Gasteiger partial charge in [-0.05, 0) is 5.04 Å². The molecule has 0 rings (SSSR count). The summed E-state index contributed by atoms with van der Waals surface area (Å²) in [5.74, 6) is 0. The second-order valence-corrected chi connectivity index (χ2v) is 42.6. The standard InChI is InChI=1S/C4H9Cl7Si3/c1-4(2,3)12(5,6)14(10,11)13(7,8)9/h1-3H3. The van der Waals surface area contributed by atoms with Gasteiger partial charge in [0.1, 0.15) is 0 Å². The number of rotatable bonds is 2. The Morgan fingerprint density at radius 3 is 1.07 bits per heavy atom. The summed E-state index contributed by atoms with van der Waals surface area (Å²) < 4.78 is 0. The lowest BCUT2D eigenvalue weighted by atomic mass is 10.3. The molecule has 0 saturated carbocycles. The van der Waals surface area contributed by atoms with Gasteiger partial charge in [0, 0.05) is 0 Å². The Balaban J connectivity index is 5.30. The Bertz CT molecular complexity index is 190. The van der Waals surface area contributed by atoms with E-state index in [-0.39, 0.29) is 0 Å². The monoisotopic (exact) mass is 386 g/mol. The summed E-state index contributed by atoms with van der Waals surface area (Å²) in [5, 5.41) is -0.414. The Labute approximate surface area is 120 Å². The van der Waals surface area contributed by atoms with Crippen molar-refractivity contribution in [3.05, 3.63) is 0 Å². The van der Waals surface area contributed by atoms with Crippen LogP contribution in [-0.4, -0.2) is 17.5 Å². The van der Waals surface area contributed by atoms with Crippen molar-refractivity contribution in [2.75, 3.05) is 0 Å². The lowest BCUT2D eigenvalue weighted by molar-refractivity contribution is 0.753. The molecular formula is C4H9Cl7Si3. The number of hydrogen-bond acceptors (Lipinski definition) is 0. The summed E-state index contributed by atoms with van der Waals surface area (Å²) >= 11 is 42.4. The lowest BCUT2D eigenvalue weighted by Gasteiger charge is -2.40. The van der Waals surface area contributed by atoms with Crippen molar-refractivity contribution in [3.63, 3.8) is 0 Å². The van der Waals surface area contributed by atoms with Crippen molar-refractivity contribution in [1.82, 2.24) is 0 Å². The molecule has 0 amide bonds. The molecular weight excluding hydrogens is 380 g/mol. The highest BCUT2D eigenvalue weighted by Gasteiger charge is 2.71. The molecule has 0 aromatic heterocycles. The molecule has 0 atom stereocenters.